The van der Waals surface area contributed by atoms with E-state index in [2.05, 4.69) is 17.2 Å². The Morgan fingerprint density at radius 1 is 1.40 bits per heavy atom. The van der Waals surface area contributed by atoms with Crippen molar-refractivity contribution in [3.05, 3.63) is 12.4 Å². The van der Waals surface area contributed by atoms with Gasteiger partial charge < -0.3 is 15.4 Å². The molecule has 0 aromatic carbocycles. The van der Waals surface area contributed by atoms with Gasteiger partial charge in [0.1, 0.15) is 0 Å². The van der Waals surface area contributed by atoms with Gasteiger partial charge in [0.25, 0.3) is 0 Å². The minimum atomic E-state index is -0.398. The highest BCUT2D eigenvalue weighted by Crippen LogP contribution is 2.12. The van der Waals surface area contributed by atoms with Crippen LogP contribution in [0.25, 0.3) is 0 Å². The van der Waals surface area contributed by atoms with Gasteiger partial charge in [0.05, 0.1) is 12.4 Å². The van der Waals surface area contributed by atoms with Gasteiger partial charge in [-0.1, -0.05) is 27.4 Å². The van der Waals surface area contributed by atoms with Crippen LogP contribution < -0.4 is 10.6 Å². The van der Waals surface area contributed by atoms with Crippen LogP contribution in [0.5, 0.6) is 0 Å². The molecule has 0 aliphatic heterocycles. The van der Waals surface area contributed by atoms with E-state index >= 15 is 0 Å². The summed E-state index contributed by atoms with van der Waals surface area (Å²) in [4.78, 5) is 11.5. The fourth-order valence-electron chi connectivity index (χ4n) is 0.787. The van der Waals surface area contributed by atoms with E-state index in [-0.39, 0.29) is 5.91 Å². The smallest absolute Gasteiger partial charge is 0.230 e. The number of hydrogen-bond acceptors (Lipinski definition) is 3. The molecule has 0 unspecified atom stereocenters. The van der Waals surface area contributed by atoms with Crippen molar-refractivity contribution in [1.82, 2.24) is 10.6 Å². The van der Waals surface area contributed by atoms with Crippen LogP contribution in [0.2, 0.25) is 0 Å². The Morgan fingerprint density at radius 3 is 2.47 bits per heavy atom. The van der Waals surface area contributed by atoms with Crippen LogP contribution in [0.1, 0.15) is 27.7 Å². The van der Waals surface area contributed by atoms with E-state index in [1.807, 2.05) is 27.7 Å². The molecule has 0 aliphatic carbocycles. The van der Waals surface area contributed by atoms with E-state index < -0.39 is 5.41 Å². The molecule has 0 fully saturated rings. The average Bonchev–Trinajstić information content (AvgIpc) is 2.11. The van der Waals surface area contributed by atoms with Gasteiger partial charge in [0.15, 0.2) is 0 Å². The third kappa shape index (κ3) is 6.96. The molecule has 88 valence electrons. The Balaban J connectivity index is 3.71. The van der Waals surface area contributed by atoms with Gasteiger partial charge in [-0.25, -0.2) is 0 Å². The maximum Gasteiger partial charge on any atom is 0.230 e. The van der Waals surface area contributed by atoms with Crippen LogP contribution in [0.3, 0.4) is 0 Å². The highest BCUT2D eigenvalue weighted by atomic mass is 16.5. The van der Waals surface area contributed by atoms with Gasteiger partial charge in [0.2, 0.25) is 5.91 Å². The number of nitrogens with one attached hydrogen (secondary N) is 2. The van der Waals surface area contributed by atoms with Crippen molar-refractivity contribution in [3.8, 4) is 0 Å². The number of ether oxygens (including phenoxy) is 1. The summed E-state index contributed by atoms with van der Waals surface area (Å²) in [7, 11) is 0. The Bertz CT molecular complexity index is 219. The molecule has 4 heteroatoms. The van der Waals surface area contributed by atoms with Crippen molar-refractivity contribution in [2.24, 2.45) is 5.41 Å². The normalized spacial score (nSPS) is 10.9. The molecule has 0 saturated heterocycles. The second kappa shape index (κ2) is 6.45. The Morgan fingerprint density at radius 2 is 2.00 bits per heavy atom. The molecular formula is C11H22N2O2. The fourth-order valence-corrected chi connectivity index (χ4v) is 0.787. The summed E-state index contributed by atoms with van der Waals surface area (Å²) in [5.74, 6) is 0.478. The molecule has 0 radical (unpaired) electrons. The second-order valence-electron chi connectivity index (χ2n) is 4.31. The summed E-state index contributed by atoms with van der Waals surface area (Å²) < 4.78 is 5.14. The first kappa shape index (κ1) is 14.0. The van der Waals surface area contributed by atoms with E-state index in [1.54, 1.807) is 0 Å². The van der Waals surface area contributed by atoms with Crippen molar-refractivity contribution in [3.63, 3.8) is 0 Å². The standard InChI is InChI=1S/C11H22N2O2/c1-6-15-8-7-12-9(2)13-10(14)11(3,4)5/h12H,2,6-8H2,1,3-5H3,(H,13,14). The topological polar surface area (TPSA) is 50.4 Å². The molecule has 4 nitrogen and oxygen atoms in total. The van der Waals surface area contributed by atoms with E-state index in [0.29, 0.717) is 25.6 Å². The molecule has 15 heavy (non-hydrogen) atoms. The zero-order chi connectivity index (χ0) is 11.9. The highest BCUT2D eigenvalue weighted by molar-refractivity contribution is 5.82. The number of carbonyl (C=O) groups is 1. The first-order valence-corrected chi connectivity index (χ1v) is 5.20. The molecule has 0 atom stereocenters. The maximum atomic E-state index is 11.5. The molecule has 0 aromatic rings. The van der Waals surface area contributed by atoms with E-state index in [1.165, 1.54) is 0 Å². The average molecular weight is 214 g/mol. The van der Waals surface area contributed by atoms with Crippen molar-refractivity contribution < 1.29 is 9.53 Å². The molecule has 0 aromatic heterocycles. The minimum Gasteiger partial charge on any atom is -0.380 e. The third-order valence-corrected chi connectivity index (χ3v) is 1.73. The van der Waals surface area contributed by atoms with Gasteiger partial charge >= 0.3 is 0 Å². The molecular weight excluding hydrogens is 192 g/mol. The van der Waals surface area contributed by atoms with Gasteiger partial charge in [-0.05, 0) is 6.92 Å². The second-order valence-corrected chi connectivity index (χ2v) is 4.31. The number of hydrogen-bond donors (Lipinski definition) is 2. The van der Waals surface area contributed by atoms with Gasteiger partial charge in [-0.15, -0.1) is 0 Å². The van der Waals surface area contributed by atoms with Crippen molar-refractivity contribution >= 4 is 5.91 Å². The van der Waals surface area contributed by atoms with Crippen LogP contribution in [0, 0.1) is 5.41 Å². The highest BCUT2D eigenvalue weighted by Gasteiger charge is 2.21. The zero-order valence-electron chi connectivity index (χ0n) is 10.1. The lowest BCUT2D eigenvalue weighted by molar-refractivity contribution is -0.127. The summed E-state index contributed by atoms with van der Waals surface area (Å²) in [5.41, 5.74) is -0.398. The van der Waals surface area contributed by atoms with Crippen LogP contribution in [0.4, 0.5) is 0 Å². The summed E-state index contributed by atoms with van der Waals surface area (Å²) in [6.45, 7) is 13.2. The molecule has 1 amide bonds. The zero-order valence-corrected chi connectivity index (χ0v) is 10.1. The quantitative estimate of drug-likeness (QED) is 0.654. The van der Waals surface area contributed by atoms with E-state index in [4.69, 9.17) is 4.74 Å². The van der Waals surface area contributed by atoms with Crippen molar-refractivity contribution in [2.75, 3.05) is 19.8 Å². The van der Waals surface area contributed by atoms with Gasteiger partial charge in [0, 0.05) is 18.6 Å². The Labute approximate surface area is 92.1 Å². The molecule has 0 heterocycles. The number of amides is 1. The molecule has 0 rings (SSSR count). The predicted molar refractivity (Wildman–Crippen MR) is 61.2 cm³/mol. The van der Waals surface area contributed by atoms with E-state index in [0.717, 1.165) is 0 Å². The molecule has 0 aliphatic rings. The third-order valence-electron chi connectivity index (χ3n) is 1.73. The van der Waals surface area contributed by atoms with Crippen molar-refractivity contribution in [1.29, 1.82) is 0 Å². The lowest BCUT2D eigenvalue weighted by atomic mass is 9.96. The van der Waals surface area contributed by atoms with Crippen LogP contribution in [-0.4, -0.2) is 25.7 Å². The molecule has 0 spiro atoms. The van der Waals surface area contributed by atoms with E-state index in [9.17, 15) is 4.79 Å². The predicted octanol–water partition coefficient (Wildman–Crippen LogP) is 1.25. The monoisotopic (exact) mass is 214 g/mol. The lowest BCUT2D eigenvalue weighted by Gasteiger charge is -2.19. The minimum absolute atomic E-state index is 0.0450. The molecule has 2 N–H and O–H groups in total. The number of rotatable bonds is 6. The summed E-state index contributed by atoms with van der Waals surface area (Å²) in [5, 5.41) is 5.67. The first-order chi connectivity index (χ1) is 6.88. The Hall–Kier alpha value is -1.03. The maximum absolute atomic E-state index is 11.5. The van der Waals surface area contributed by atoms with Gasteiger partial charge in [-0.2, -0.15) is 0 Å². The molecule has 0 saturated carbocycles. The Kier molecular flexibility index (Phi) is 6.01. The lowest BCUT2D eigenvalue weighted by Crippen LogP contribution is -2.38. The first-order valence-electron chi connectivity index (χ1n) is 5.20. The number of carbonyl (C=O) groups excluding carboxylic acids is 1. The summed E-state index contributed by atoms with van der Waals surface area (Å²) in [6, 6.07) is 0. The summed E-state index contributed by atoms with van der Waals surface area (Å²) in [6.07, 6.45) is 0. The van der Waals surface area contributed by atoms with Crippen molar-refractivity contribution in [2.45, 2.75) is 27.7 Å². The van der Waals surface area contributed by atoms with Crippen LogP contribution in [-0.2, 0) is 9.53 Å². The van der Waals surface area contributed by atoms with Gasteiger partial charge in [-0.3, -0.25) is 4.79 Å². The molecule has 0 bridgehead atoms. The summed E-state index contributed by atoms with van der Waals surface area (Å²) >= 11 is 0. The fraction of sp³-hybridized carbons (Fsp3) is 0.727. The van der Waals surface area contributed by atoms with Crippen LogP contribution >= 0.6 is 0 Å². The SMILES string of the molecule is C=C(NCCOCC)NC(=O)C(C)(C)C. The van der Waals surface area contributed by atoms with Crippen LogP contribution in [0.15, 0.2) is 12.4 Å². The largest absolute Gasteiger partial charge is 0.380 e.